The SMILES string of the molecule is Cc1ccc(Br)cc1OCCCn1ccc(N)n1. The van der Waals surface area contributed by atoms with Crippen LogP contribution in [0.3, 0.4) is 0 Å². The van der Waals surface area contributed by atoms with Crippen molar-refractivity contribution in [3.05, 3.63) is 40.5 Å². The predicted molar refractivity (Wildman–Crippen MR) is 75.6 cm³/mol. The van der Waals surface area contributed by atoms with Gasteiger partial charge in [-0.25, -0.2) is 0 Å². The molecule has 1 heterocycles. The Morgan fingerprint density at radius 1 is 1.39 bits per heavy atom. The van der Waals surface area contributed by atoms with E-state index in [4.69, 9.17) is 10.5 Å². The van der Waals surface area contributed by atoms with E-state index in [1.54, 1.807) is 6.07 Å². The van der Waals surface area contributed by atoms with Gasteiger partial charge in [-0.15, -0.1) is 0 Å². The molecule has 0 aliphatic rings. The first-order valence-electron chi connectivity index (χ1n) is 5.83. The molecule has 18 heavy (non-hydrogen) atoms. The summed E-state index contributed by atoms with van der Waals surface area (Å²) < 4.78 is 8.60. The average Bonchev–Trinajstić information content (AvgIpc) is 2.75. The highest BCUT2D eigenvalue weighted by Gasteiger charge is 2.00. The number of nitrogens with two attached hydrogens (primary N) is 1. The van der Waals surface area contributed by atoms with E-state index < -0.39 is 0 Å². The summed E-state index contributed by atoms with van der Waals surface area (Å²) in [5.74, 6) is 1.48. The second kappa shape index (κ2) is 5.91. The van der Waals surface area contributed by atoms with Crippen molar-refractivity contribution in [3.8, 4) is 5.75 Å². The normalized spacial score (nSPS) is 10.6. The molecule has 0 atom stereocenters. The molecular weight excluding hydrogens is 294 g/mol. The van der Waals surface area contributed by atoms with E-state index in [9.17, 15) is 0 Å². The molecule has 0 fully saturated rings. The van der Waals surface area contributed by atoms with Gasteiger partial charge in [0.25, 0.3) is 0 Å². The van der Waals surface area contributed by atoms with Gasteiger partial charge in [-0.1, -0.05) is 22.0 Å². The summed E-state index contributed by atoms with van der Waals surface area (Å²) in [5.41, 5.74) is 6.68. The highest BCUT2D eigenvalue weighted by Crippen LogP contribution is 2.22. The van der Waals surface area contributed by atoms with Crippen LogP contribution < -0.4 is 10.5 Å². The molecule has 0 aliphatic carbocycles. The number of ether oxygens (including phenoxy) is 1. The van der Waals surface area contributed by atoms with E-state index in [2.05, 4.69) is 21.0 Å². The Bertz CT molecular complexity index is 525. The zero-order chi connectivity index (χ0) is 13.0. The van der Waals surface area contributed by atoms with Crippen LogP contribution in [0, 0.1) is 6.92 Å². The summed E-state index contributed by atoms with van der Waals surface area (Å²) in [7, 11) is 0. The molecule has 1 aromatic carbocycles. The Kier molecular flexibility index (Phi) is 4.25. The molecule has 0 spiro atoms. The molecule has 0 bridgehead atoms. The second-order valence-corrected chi connectivity index (χ2v) is 5.03. The van der Waals surface area contributed by atoms with E-state index >= 15 is 0 Å². The number of hydrogen-bond acceptors (Lipinski definition) is 3. The van der Waals surface area contributed by atoms with E-state index in [1.807, 2.05) is 36.0 Å². The number of aromatic nitrogens is 2. The smallest absolute Gasteiger partial charge is 0.145 e. The Labute approximate surface area is 115 Å². The summed E-state index contributed by atoms with van der Waals surface area (Å²) >= 11 is 3.44. The largest absolute Gasteiger partial charge is 0.493 e. The zero-order valence-corrected chi connectivity index (χ0v) is 11.9. The van der Waals surface area contributed by atoms with Crippen molar-refractivity contribution in [3.63, 3.8) is 0 Å². The Morgan fingerprint density at radius 3 is 2.94 bits per heavy atom. The summed E-state index contributed by atoms with van der Waals surface area (Å²) in [5, 5.41) is 4.12. The first-order chi connectivity index (χ1) is 8.65. The molecule has 0 aliphatic heterocycles. The van der Waals surface area contributed by atoms with Gasteiger partial charge in [0.05, 0.1) is 6.61 Å². The van der Waals surface area contributed by atoms with Crippen molar-refractivity contribution < 1.29 is 4.74 Å². The van der Waals surface area contributed by atoms with Crippen LogP contribution in [0.4, 0.5) is 5.82 Å². The molecule has 2 aromatic rings. The van der Waals surface area contributed by atoms with Crippen LogP contribution in [0.2, 0.25) is 0 Å². The van der Waals surface area contributed by atoms with Crippen molar-refractivity contribution in [2.45, 2.75) is 19.9 Å². The number of nitrogen functional groups attached to an aromatic ring is 1. The molecule has 2 N–H and O–H groups in total. The van der Waals surface area contributed by atoms with Gasteiger partial charge in [0.2, 0.25) is 0 Å². The Hall–Kier alpha value is -1.49. The molecule has 4 nitrogen and oxygen atoms in total. The molecule has 0 saturated heterocycles. The number of nitrogens with zero attached hydrogens (tertiary/aromatic N) is 2. The van der Waals surface area contributed by atoms with Gasteiger partial charge in [-0.3, -0.25) is 4.68 Å². The maximum Gasteiger partial charge on any atom is 0.145 e. The minimum absolute atomic E-state index is 0.554. The minimum Gasteiger partial charge on any atom is -0.493 e. The minimum atomic E-state index is 0.554. The highest BCUT2D eigenvalue weighted by molar-refractivity contribution is 9.10. The number of anilines is 1. The monoisotopic (exact) mass is 309 g/mol. The van der Waals surface area contributed by atoms with Crippen molar-refractivity contribution in [1.29, 1.82) is 0 Å². The molecule has 0 radical (unpaired) electrons. The fourth-order valence-corrected chi connectivity index (χ4v) is 1.98. The Balaban J connectivity index is 1.80. The lowest BCUT2D eigenvalue weighted by molar-refractivity contribution is 0.297. The lowest BCUT2D eigenvalue weighted by Crippen LogP contribution is -2.06. The molecule has 0 amide bonds. The van der Waals surface area contributed by atoms with Crippen LogP contribution in [0.5, 0.6) is 5.75 Å². The lowest BCUT2D eigenvalue weighted by Gasteiger charge is -2.09. The van der Waals surface area contributed by atoms with Crippen molar-refractivity contribution >= 4 is 21.7 Å². The van der Waals surface area contributed by atoms with Crippen LogP contribution >= 0.6 is 15.9 Å². The van der Waals surface area contributed by atoms with Crippen molar-refractivity contribution in [2.24, 2.45) is 0 Å². The third kappa shape index (κ3) is 3.50. The lowest BCUT2D eigenvalue weighted by atomic mass is 10.2. The van der Waals surface area contributed by atoms with E-state index in [0.717, 1.165) is 28.8 Å². The van der Waals surface area contributed by atoms with Crippen LogP contribution in [0.15, 0.2) is 34.9 Å². The summed E-state index contributed by atoms with van der Waals surface area (Å²) in [6.45, 7) is 3.51. The van der Waals surface area contributed by atoms with Gasteiger partial charge >= 0.3 is 0 Å². The first-order valence-corrected chi connectivity index (χ1v) is 6.62. The average molecular weight is 310 g/mol. The maximum atomic E-state index is 5.74. The number of hydrogen-bond donors (Lipinski definition) is 1. The van der Waals surface area contributed by atoms with Crippen molar-refractivity contribution in [2.75, 3.05) is 12.3 Å². The van der Waals surface area contributed by atoms with Gasteiger partial charge in [-0.05, 0) is 30.7 Å². The van der Waals surface area contributed by atoms with Gasteiger partial charge in [-0.2, -0.15) is 5.10 Å². The highest BCUT2D eigenvalue weighted by atomic mass is 79.9. The maximum absolute atomic E-state index is 5.74. The van der Waals surface area contributed by atoms with Crippen LogP contribution in [-0.4, -0.2) is 16.4 Å². The molecular formula is C13H16BrN3O. The van der Waals surface area contributed by atoms with Crippen molar-refractivity contribution in [1.82, 2.24) is 9.78 Å². The number of benzene rings is 1. The molecule has 1 aromatic heterocycles. The number of halogens is 1. The standard InChI is InChI=1S/C13H16BrN3O/c1-10-3-4-11(14)9-12(10)18-8-2-6-17-7-5-13(15)16-17/h3-5,7,9H,2,6,8H2,1H3,(H2,15,16). The summed E-state index contributed by atoms with van der Waals surface area (Å²) in [6, 6.07) is 7.82. The third-order valence-electron chi connectivity index (χ3n) is 2.60. The van der Waals surface area contributed by atoms with Gasteiger partial charge in [0.15, 0.2) is 0 Å². The fraction of sp³-hybridized carbons (Fsp3) is 0.308. The number of aryl methyl sites for hydroxylation is 2. The fourth-order valence-electron chi connectivity index (χ4n) is 1.64. The van der Waals surface area contributed by atoms with Crippen LogP contribution in [0.25, 0.3) is 0 Å². The summed E-state index contributed by atoms with van der Waals surface area (Å²) in [6.07, 6.45) is 2.77. The third-order valence-corrected chi connectivity index (χ3v) is 3.09. The predicted octanol–water partition coefficient (Wildman–Crippen LogP) is 3.01. The van der Waals surface area contributed by atoms with E-state index in [-0.39, 0.29) is 0 Å². The Morgan fingerprint density at radius 2 is 2.22 bits per heavy atom. The molecule has 0 saturated carbocycles. The summed E-state index contributed by atoms with van der Waals surface area (Å²) in [4.78, 5) is 0. The molecule has 2 rings (SSSR count). The van der Waals surface area contributed by atoms with E-state index in [0.29, 0.717) is 12.4 Å². The van der Waals surface area contributed by atoms with E-state index in [1.165, 1.54) is 0 Å². The van der Waals surface area contributed by atoms with Gasteiger partial charge < -0.3 is 10.5 Å². The van der Waals surface area contributed by atoms with Crippen LogP contribution in [-0.2, 0) is 6.54 Å². The molecule has 5 heteroatoms. The van der Waals surface area contributed by atoms with Crippen LogP contribution in [0.1, 0.15) is 12.0 Å². The van der Waals surface area contributed by atoms with Gasteiger partial charge in [0, 0.05) is 23.6 Å². The van der Waals surface area contributed by atoms with Gasteiger partial charge in [0.1, 0.15) is 11.6 Å². The molecule has 0 unspecified atom stereocenters. The zero-order valence-electron chi connectivity index (χ0n) is 10.3. The first kappa shape index (κ1) is 13.0. The molecule has 96 valence electrons. The number of rotatable bonds is 5. The quantitative estimate of drug-likeness (QED) is 0.864. The topological polar surface area (TPSA) is 53.1 Å². The second-order valence-electron chi connectivity index (χ2n) is 4.12.